The van der Waals surface area contributed by atoms with Gasteiger partial charge in [-0.25, -0.2) is 0 Å². The highest BCUT2D eigenvalue weighted by Crippen LogP contribution is 2.48. The average Bonchev–Trinajstić information content (AvgIpc) is 3.12. The number of hydrogen-bond acceptors (Lipinski definition) is 1. The van der Waals surface area contributed by atoms with E-state index in [1.165, 1.54) is 24.4 Å². The predicted molar refractivity (Wildman–Crippen MR) is 189 cm³/mol. The molecule has 0 N–H and O–H groups in total. The van der Waals surface area contributed by atoms with Crippen LogP contribution in [0.4, 0.5) is 26.3 Å². The van der Waals surface area contributed by atoms with Crippen molar-refractivity contribution < 1.29 is 26.3 Å². The summed E-state index contributed by atoms with van der Waals surface area (Å²) in [6.45, 7) is 0. The highest BCUT2D eigenvalue weighted by atomic mass is 19.4. The average molecular weight is 668 g/mol. The molecule has 0 radical (unpaired) electrons. The third-order valence-corrected chi connectivity index (χ3v) is 9.73. The van der Waals surface area contributed by atoms with Crippen molar-refractivity contribution in [2.24, 2.45) is 0 Å². The molecule has 8 aromatic carbocycles. The molecule has 0 saturated carbocycles. The second kappa shape index (κ2) is 10.8. The van der Waals surface area contributed by atoms with E-state index in [4.69, 9.17) is 0 Å². The maximum Gasteiger partial charge on any atom is 0.433 e. The van der Waals surface area contributed by atoms with Gasteiger partial charge >= 0.3 is 12.4 Å². The van der Waals surface area contributed by atoms with Crippen LogP contribution in [-0.2, 0) is 12.4 Å². The van der Waals surface area contributed by atoms with Crippen LogP contribution in [0.2, 0.25) is 0 Å². The fourth-order valence-corrected chi connectivity index (χ4v) is 7.55. The summed E-state index contributed by atoms with van der Waals surface area (Å²) in [6, 6.07) is 40.1. The van der Waals surface area contributed by atoms with E-state index in [1.54, 1.807) is 0 Å². The van der Waals surface area contributed by atoms with Crippen LogP contribution < -0.4 is 0 Å². The second-order valence-corrected chi connectivity index (χ2v) is 12.5. The molecule has 242 valence electrons. The molecular weight excluding hydrogens is 644 g/mol. The van der Waals surface area contributed by atoms with Gasteiger partial charge in [0.2, 0.25) is 0 Å². The van der Waals surface area contributed by atoms with Crippen molar-refractivity contribution in [1.29, 1.82) is 0 Å². The lowest BCUT2D eigenvalue weighted by Crippen LogP contribution is -2.07. The van der Waals surface area contributed by atoms with E-state index < -0.39 is 23.6 Å². The molecule has 1 aromatic heterocycles. The topological polar surface area (TPSA) is 12.9 Å². The van der Waals surface area contributed by atoms with Crippen LogP contribution in [0, 0.1) is 0 Å². The Hall–Kier alpha value is -5.95. The molecular formula is C43H23F6N. The highest BCUT2D eigenvalue weighted by Gasteiger charge is 2.32. The largest absolute Gasteiger partial charge is 0.433 e. The lowest BCUT2D eigenvalue weighted by Gasteiger charge is -2.20. The molecule has 0 saturated heterocycles. The smallest absolute Gasteiger partial charge is 0.251 e. The normalized spacial score (nSPS) is 12.6. The van der Waals surface area contributed by atoms with E-state index in [-0.39, 0.29) is 0 Å². The summed E-state index contributed by atoms with van der Waals surface area (Å²) in [7, 11) is 0. The Morgan fingerprint density at radius 1 is 0.380 bits per heavy atom. The zero-order valence-electron chi connectivity index (χ0n) is 26.0. The van der Waals surface area contributed by atoms with Gasteiger partial charge in [-0.15, -0.1) is 0 Å². The summed E-state index contributed by atoms with van der Waals surface area (Å²) in [4.78, 5) is 3.78. The van der Waals surface area contributed by atoms with Gasteiger partial charge in [-0.3, -0.25) is 4.98 Å². The van der Waals surface area contributed by atoms with Gasteiger partial charge in [0.1, 0.15) is 5.69 Å². The van der Waals surface area contributed by atoms with Crippen molar-refractivity contribution in [1.82, 2.24) is 4.98 Å². The van der Waals surface area contributed by atoms with E-state index in [2.05, 4.69) is 35.3 Å². The Labute approximate surface area is 281 Å². The molecule has 9 rings (SSSR count). The van der Waals surface area contributed by atoms with Crippen LogP contribution in [0.1, 0.15) is 11.3 Å². The van der Waals surface area contributed by atoms with Crippen molar-refractivity contribution >= 4 is 53.9 Å². The number of hydrogen-bond donors (Lipinski definition) is 0. The Morgan fingerprint density at radius 3 is 1.36 bits per heavy atom. The molecule has 0 bridgehead atoms. The number of benzene rings is 8. The molecule has 0 amide bonds. The SMILES string of the molecule is FC(F)(F)c1ccc(-c2ccc3ccc4c(-c5c6ccccc6c(-c6ccc(C(F)(F)F)nc6)c6ccccc56)ccc5ccc2c3c54)cc1. The molecule has 0 spiro atoms. The van der Waals surface area contributed by atoms with Crippen molar-refractivity contribution in [2.45, 2.75) is 12.4 Å². The molecule has 50 heavy (non-hydrogen) atoms. The summed E-state index contributed by atoms with van der Waals surface area (Å²) < 4.78 is 80.3. The van der Waals surface area contributed by atoms with Gasteiger partial charge in [0, 0.05) is 11.8 Å². The van der Waals surface area contributed by atoms with Crippen molar-refractivity contribution in [3.05, 3.63) is 151 Å². The third-order valence-electron chi connectivity index (χ3n) is 9.73. The maximum absolute atomic E-state index is 13.4. The van der Waals surface area contributed by atoms with E-state index in [9.17, 15) is 26.3 Å². The van der Waals surface area contributed by atoms with E-state index in [1.807, 2.05) is 66.7 Å². The number of fused-ring (bicyclic) bond motifs is 2. The Bertz CT molecular complexity index is 2700. The molecule has 0 aliphatic heterocycles. The molecule has 0 aliphatic carbocycles. The molecule has 0 atom stereocenters. The van der Waals surface area contributed by atoms with Crippen LogP contribution in [-0.4, -0.2) is 4.98 Å². The van der Waals surface area contributed by atoms with Gasteiger partial charge in [0.25, 0.3) is 0 Å². The van der Waals surface area contributed by atoms with Gasteiger partial charge < -0.3 is 0 Å². The standard InChI is InChI=1S/C43H23F6N/c44-42(45,46)28-16-9-24(10-17-28)29-18-11-25-13-20-35-36(21-14-26-12-19-34(29)39(25)40(26)35)41-32-7-3-1-5-30(32)38(31-6-2-4-8-33(31)41)27-15-22-37(50-23-27)43(47,48)49/h1-23H. The van der Waals surface area contributed by atoms with Crippen molar-refractivity contribution in [3.8, 4) is 33.4 Å². The summed E-state index contributed by atoms with van der Waals surface area (Å²) in [5.41, 5.74) is 3.29. The fourth-order valence-electron chi connectivity index (χ4n) is 7.55. The molecule has 7 heteroatoms. The molecule has 0 fully saturated rings. The van der Waals surface area contributed by atoms with Crippen LogP contribution in [0.5, 0.6) is 0 Å². The first-order valence-electron chi connectivity index (χ1n) is 15.9. The van der Waals surface area contributed by atoms with Crippen LogP contribution in [0.25, 0.3) is 87.2 Å². The fraction of sp³-hybridized carbons (Fsp3) is 0.0465. The van der Waals surface area contributed by atoms with Crippen LogP contribution >= 0.6 is 0 Å². The van der Waals surface area contributed by atoms with Crippen LogP contribution in [0.15, 0.2) is 140 Å². The number of alkyl halides is 6. The minimum atomic E-state index is -4.54. The molecule has 1 heterocycles. The molecule has 0 unspecified atom stereocenters. The summed E-state index contributed by atoms with van der Waals surface area (Å²) in [6.07, 6.45) is -7.67. The lowest BCUT2D eigenvalue weighted by molar-refractivity contribution is -0.141. The first kappa shape index (κ1) is 30.1. The van der Waals surface area contributed by atoms with Gasteiger partial charge in [0.15, 0.2) is 0 Å². The Kier molecular flexibility index (Phi) is 6.49. The maximum atomic E-state index is 13.4. The molecule has 1 nitrogen and oxygen atoms in total. The van der Waals surface area contributed by atoms with E-state index >= 15 is 0 Å². The number of rotatable bonds is 3. The van der Waals surface area contributed by atoms with Crippen molar-refractivity contribution in [2.75, 3.05) is 0 Å². The van der Waals surface area contributed by atoms with Gasteiger partial charge in [-0.1, -0.05) is 115 Å². The Morgan fingerprint density at radius 2 is 0.860 bits per heavy atom. The highest BCUT2D eigenvalue weighted by molar-refractivity contribution is 6.30. The number of aromatic nitrogens is 1. The lowest BCUT2D eigenvalue weighted by atomic mass is 9.83. The first-order valence-corrected chi connectivity index (χ1v) is 15.9. The number of pyridine rings is 1. The monoisotopic (exact) mass is 667 g/mol. The molecule has 9 aromatic rings. The zero-order chi connectivity index (χ0) is 34.4. The van der Waals surface area contributed by atoms with Crippen molar-refractivity contribution in [3.63, 3.8) is 0 Å². The quantitative estimate of drug-likeness (QED) is 0.104. The van der Waals surface area contributed by atoms with Gasteiger partial charge in [-0.2, -0.15) is 26.3 Å². The van der Waals surface area contributed by atoms with E-state index in [0.717, 1.165) is 94.3 Å². The second-order valence-electron chi connectivity index (χ2n) is 12.5. The van der Waals surface area contributed by atoms with Gasteiger partial charge in [-0.05, 0) is 99.9 Å². The summed E-state index contributed by atoms with van der Waals surface area (Å²) in [5, 5.41) is 9.76. The first-order chi connectivity index (χ1) is 24.1. The minimum absolute atomic E-state index is 0.586. The summed E-state index contributed by atoms with van der Waals surface area (Å²) in [5.74, 6) is 0. The van der Waals surface area contributed by atoms with Crippen LogP contribution in [0.3, 0.4) is 0 Å². The summed E-state index contributed by atoms with van der Waals surface area (Å²) >= 11 is 0. The Balaban J connectivity index is 1.32. The minimum Gasteiger partial charge on any atom is -0.251 e. The van der Waals surface area contributed by atoms with Gasteiger partial charge in [0.05, 0.1) is 5.56 Å². The predicted octanol–water partition coefficient (Wildman–Crippen LogP) is 13.3. The third kappa shape index (κ3) is 4.60. The zero-order valence-corrected chi connectivity index (χ0v) is 26.0. The molecule has 0 aliphatic rings. The number of nitrogens with zero attached hydrogens (tertiary/aromatic N) is 1. The number of halogens is 6. The van der Waals surface area contributed by atoms with E-state index in [0.29, 0.717) is 11.1 Å².